The first-order valence-corrected chi connectivity index (χ1v) is 14.1. The highest BCUT2D eigenvalue weighted by Crippen LogP contribution is 2.34. The predicted molar refractivity (Wildman–Crippen MR) is 147 cm³/mol. The van der Waals surface area contributed by atoms with E-state index in [-0.39, 0.29) is 6.61 Å². The summed E-state index contributed by atoms with van der Waals surface area (Å²) in [5.74, 6) is -3.79. The third kappa shape index (κ3) is 10.2. The molecule has 2 aliphatic rings. The molecule has 45 heavy (non-hydrogen) atoms. The number of carbonyl (C=O) groups excluding carboxylic acids is 5. The Bertz CT molecular complexity index is 1180. The number of carbonyl (C=O) groups is 5. The first-order valence-electron chi connectivity index (χ1n) is 14.1. The van der Waals surface area contributed by atoms with Gasteiger partial charge in [-0.05, 0) is 5.56 Å². The molecule has 1 amide bonds. The molecule has 0 aliphatic carbocycles. The SMILES string of the molecule is CC(=O)N[C@@H]1[C@@H](OCc2ccccc2)O[C@H](CO)[C@@H](O)[C@@H]1O[C@@H]1O[C@H](COC(C)=O)[C@H](OC(C)=O)[C@H](OC(C)=O)[C@@H]1OC(C)=O. The minimum Gasteiger partial charge on any atom is -0.463 e. The summed E-state index contributed by atoms with van der Waals surface area (Å²) in [7, 11) is 0. The molecule has 16 heteroatoms. The molecule has 1 aromatic rings. The standard InChI is InChI=1S/C29H39NO15/c1-14(32)30-22-25(23(37)20(11-31)43-28(22)39-12-19-9-7-6-8-10-19)45-29-27(42-18(5)36)26(41-17(4)35)24(40-16(3)34)21(44-29)13-38-15(2)33/h6-10,20-29,31,37H,11-13H2,1-5H3,(H,30,32)/t20-,21-,22+,23-,24+,25-,26+,27+,28+,29+/m1/s1. The average Bonchev–Trinajstić information content (AvgIpc) is 2.96. The highest BCUT2D eigenvalue weighted by Gasteiger charge is 2.56. The Morgan fingerprint density at radius 3 is 1.89 bits per heavy atom. The Morgan fingerprint density at radius 1 is 0.756 bits per heavy atom. The zero-order valence-corrected chi connectivity index (χ0v) is 25.5. The number of amides is 1. The van der Waals surface area contributed by atoms with Gasteiger partial charge in [0.1, 0.15) is 37.1 Å². The van der Waals surface area contributed by atoms with Crippen LogP contribution < -0.4 is 5.32 Å². The Balaban J connectivity index is 2.03. The van der Waals surface area contributed by atoms with Crippen molar-refractivity contribution < 1.29 is 72.1 Å². The molecule has 250 valence electrons. The van der Waals surface area contributed by atoms with E-state index in [0.29, 0.717) is 0 Å². The van der Waals surface area contributed by atoms with Crippen LogP contribution in [0, 0.1) is 0 Å². The van der Waals surface area contributed by atoms with E-state index in [1.807, 2.05) is 6.07 Å². The monoisotopic (exact) mass is 641 g/mol. The van der Waals surface area contributed by atoms with Gasteiger partial charge in [-0.15, -0.1) is 0 Å². The van der Waals surface area contributed by atoms with Crippen LogP contribution in [-0.2, 0) is 68.5 Å². The first kappa shape index (κ1) is 35.8. The van der Waals surface area contributed by atoms with Crippen LogP contribution in [0.1, 0.15) is 40.2 Å². The summed E-state index contributed by atoms with van der Waals surface area (Å²) in [5, 5.41) is 23.9. The number of hydrogen-bond acceptors (Lipinski definition) is 15. The smallest absolute Gasteiger partial charge is 0.303 e. The maximum absolute atomic E-state index is 12.3. The average molecular weight is 642 g/mol. The molecule has 0 bridgehead atoms. The summed E-state index contributed by atoms with van der Waals surface area (Å²) in [6.07, 6.45) is -13.2. The normalized spacial score (nSPS) is 31.3. The van der Waals surface area contributed by atoms with Crippen molar-refractivity contribution in [3.05, 3.63) is 35.9 Å². The van der Waals surface area contributed by atoms with Crippen molar-refractivity contribution in [3.63, 3.8) is 0 Å². The molecule has 1 aromatic carbocycles. The Kier molecular flexibility index (Phi) is 13.2. The Morgan fingerprint density at radius 2 is 1.33 bits per heavy atom. The molecule has 3 N–H and O–H groups in total. The molecule has 0 radical (unpaired) electrons. The van der Waals surface area contributed by atoms with Crippen molar-refractivity contribution in [3.8, 4) is 0 Å². The number of hydrogen-bond donors (Lipinski definition) is 3. The minimum atomic E-state index is -1.69. The van der Waals surface area contributed by atoms with E-state index in [1.165, 1.54) is 6.92 Å². The van der Waals surface area contributed by atoms with Gasteiger partial charge in [0.05, 0.1) is 13.2 Å². The van der Waals surface area contributed by atoms with Gasteiger partial charge < -0.3 is 53.4 Å². The van der Waals surface area contributed by atoms with Crippen molar-refractivity contribution in [1.82, 2.24) is 5.32 Å². The second kappa shape index (κ2) is 16.6. The number of aliphatic hydroxyl groups excluding tert-OH is 2. The van der Waals surface area contributed by atoms with E-state index in [4.69, 9.17) is 37.9 Å². The molecular weight excluding hydrogens is 602 g/mol. The van der Waals surface area contributed by atoms with Gasteiger partial charge in [0, 0.05) is 34.6 Å². The van der Waals surface area contributed by atoms with E-state index in [0.717, 1.165) is 33.3 Å². The fourth-order valence-electron chi connectivity index (χ4n) is 4.97. The molecular formula is C29H39NO15. The lowest BCUT2D eigenvalue weighted by molar-refractivity contribution is -0.347. The molecule has 0 spiro atoms. The summed E-state index contributed by atoms with van der Waals surface area (Å²) in [6.45, 7) is 4.38. The third-order valence-corrected chi connectivity index (χ3v) is 6.72. The lowest BCUT2D eigenvalue weighted by atomic mass is 9.95. The van der Waals surface area contributed by atoms with Crippen LogP contribution in [0.15, 0.2) is 30.3 Å². The number of benzene rings is 1. The Labute approximate surface area is 259 Å². The number of nitrogens with one attached hydrogen (secondary N) is 1. The summed E-state index contributed by atoms with van der Waals surface area (Å²) >= 11 is 0. The number of esters is 4. The second-order valence-corrected chi connectivity index (χ2v) is 10.4. The van der Waals surface area contributed by atoms with Gasteiger partial charge >= 0.3 is 23.9 Å². The predicted octanol–water partition coefficient (Wildman–Crippen LogP) is -0.746. The van der Waals surface area contributed by atoms with Crippen LogP contribution >= 0.6 is 0 Å². The topological polar surface area (TPSA) is 212 Å². The quantitative estimate of drug-likeness (QED) is 0.189. The van der Waals surface area contributed by atoms with Gasteiger partial charge in [-0.3, -0.25) is 24.0 Å². The lowest BCUT2D eigenvalue weighted by Crippen LogP contribution is -2.68. The Hall–Kier alpha value is -3.67. The van der Waals surface area contributed by atoms with E-state index in [9.17, 15) is 34.2 Å². The van der Waals surface area contributed by atoms with E-state index in [1.54, 1.807) is 24.3 Å². The minimum absolute atomic E-state index is 0.0155. The van der Waals surface area contributed by atoms with Crippen molar-refractivity contribution in [2.45, 2.75) is 103 Å². The van der Waals surface area contributed by atoms with Crippen LogP contribution in [0.25, 0.3) is 0 Å². The zero-order chi connectivity index (χ0) is 33.3. The summed E-state index contributed by atoms with van der Waals surface area (Å²) < 4.78 is 45.2. The van der Waals surface area contributed by atoms with Gasteiger partial charge in [0.25, 0.3) is 0 Å². The van der Waals surface area contributed by atoms with Gasteiger partial charge in [-0.1, -0.05) is 30.3 Å². The van der Waals surface area contributed by atoms with Gasteiger partial charge in [-0.2, -0.15) is 0 Å². The molecule has 2 saturated heterocycles. The maximum Gasteiger partial charge on any atom is 0.303 e. The molecule has 10 atom stereocenters. The van der Waals surface area contributed by atoms with Crippen molar-refractivity contribution in [2.24, 2.45) is 0 Å². The van der Waals surface area contributed by atoms with Crippen LogP contribution in [0.2, 0.25) is 0 Å². The maximum atomic E-state index is 12.3. The van der Waals surface area contributed by atoms with Gasteiger partial charge in [0.15, 0.2) is 30.9 Å². The highest BCUT2D eigenvalue weighted by molar-refractivity contribution is 5.73. The van der Waals surface area contributed by atoms with Crippen LogP contribution in [0.3, 0.4) is 0 Å². The van der Waals surface area contributed by atoms with Crippen molar-refractivity contribution in [2.75, 3.05) is 13.2 Å². The molecule has 2 aliphatic heterocycles. The number of aliphatic hydroxyl groups is 2. The summed E-state index contributed by atoms with van der Waals surface area (Å²) in [5.41, 5.74) is 0.756. The fourth-order valence-corrected chi connectivity index (χ4v) is 4.97. The largest absolute Gasteiger partial charge is 0.463 e. The highest BCUT2D eigenvalue weighted by atomic mass is 16.7. The number of ether oxygens (including phenoxy) is 8. The van der Waals surface area contributed by atoms with E-state index >= 15 is 0 Å². The second-order valence-electron chi connectivity index (χ2n) is 10.4. The molecule has 0 aromatic heterocycles. The molecule has 2 fully saturated rings. The van der Waals surface area contributed by atoms with Crippen LogP contribution in [-0.4, -0.2) is 115 Å². The van der Waals surface area contributed by atoms with Crippen LogP contribution in [0.4, 0.5) is 0 Å². The summed E-state index contributed by atoms with van der Waals surface area (Å²) in [4.78, 5) is 60.3. The molecule has 3 rings (SSSR count). The molecule has 0 unspecified atom stereocenters. The van der Waals surface area contributed by atoms with Crippen molar-refractivity contribution in [1.29, 1.82) is 0 Å². The van der Waals surface area contributed by atoms with Crippen LogP contribution in [0.5, 0.6) is 0 Å². The van der Waals surface area contributed by atoms with E-state index < -0.39 is 104 Å². The van der Waals surface area contributed by atoms with Gasteiger partial charge in [0.2, 0.25) is 5.91 Å². The molecule has 0 saturated carbocycles. The summed E-state index contributed by atoms with van der Waals surface area (Å²) in [6, 6.07) is 7.76. The molecule has 16 nitrogen and oxygen atoms in total. The molecule has 2 heterocycles. The lowest BCUT2D eigenvalue weighted by Gasteiger charge is -2.48. The zero-order valence-electron chi connectivity index (χ0n) is 25.5. The van der Waals surface area contributed by atoms with E-state index in [2.05, 4.69) is 5.32 Å². The fraction of sp³-hybridized carbons (Fsp3) is 0.621. The van der Waals surface area contributed by atoms with Crippen molar-refractivity contribution >= 4 is 29.8 Å². The number of rotatable bonds is 12. The first-order chi connectivity index (χ1) is 21.3. The van der Waals surface area contributed by atoms with Gasteiger partial charge in [-0.25, -0.2) is 0 Å². The third-order valence-electron chi connectivity index (χ3n) is 6.72.